The van der Waals surface area contributed by atoms with Gasteiger partial charge in [0.2, 0.25) is 17.6 Å². The van der Waals surface area contributed by atoms with Crippen molar-refractivity contribution in [3.05, 3.63) is 83.3 Å². The van der Waals surface area contributed by atoms with Crippen LogP contribution in [0.3, 0.4) is 0 Å². The van der Waals surface area contributed by atoms with Crippen LogP contribution in [0.2, 0.25) is 0 Å². The van der Waals surface area contributed by atoms with E-state index in [0.717, 1.165) is 22.4 Å². The summed E-state index contributed by atoms with van der Waals surface area (Å²) in [6.45, 7) is 1.20. The number of rotatable bonds is 9. The van der Waals surface area contributed by atoms with Crippen molar-refractivity contribution in [2.24, 2.45) is 0 Å². The number of nitrogens with two attached hydrogens (primary N) is 3. The van der Waals surface area contributed by atoms with Crippen LogP contribution in [-0.4, -0.2) is 70.7 Å². The lowest BCUT2D eigenvalue weighted by atomic mass is 10.1. The van der Waals surface area contributed by atoms with E-state index in [1.54, 1.807) is 46.9 Å². The van der Waals surface area contributed by atoms with Crippen molar-refractivity contribution >= 4 is 23.7 Å². The highest BCUT2D eigenvalue weighted by atomic mass is 16.5. The van der Waals surface area contributed by atoms with E-state index in [-0.39, 0.29) is 18.0 Å². The summed E-state index contributed by atoms with van der Waals surface area (Å²) in [5.41, 5.74) is 20.4. The van der Waals surface area contributed by atoms with Gasteiger partial charge in [-0.05, 0) is 36.2 Å². The Morgan fingerprint density at radius 1 is 0.884 bits per heavy atom. The summed E-state index contributed by atoms with van der Waals surface area (Å²) in [7, 11) is 6.35. The van der Waals surface area contributed by atoms with Crippen LogP contribution in [0, 0.1) is 0 Å². The number of nitrogens with zero attached hydrogens (tertiary/aromatic N) is 4. The Bertz CT molecular complexity index is 1430. The van der Waals surface area contributed by atoms with Crippen LogP contribution in [0.25, 0.3) is 0 Å². The van der Waals surface area contributed by atoms with Gasteiger partial charge in [-0.3, -0.25) is 0 Å². The Kier molecular flexibility index (Phi) is 13.4. The van der Waals surface area contributed by atoms with E-state index in [0.29, 0.717) is 29.5 Å². The summed E-state index contributed by atoms with van der Waals surface area (Å²) in [6, 6.07) is 15.4. The molecule has 0 aliphatic heterocycles. The SMILES string of the molecule is CC(O)C(=O)O.COC(c1ccccc1)c1ccnc(N)n1.COc1cc(Cc2cnc(N)nc2N)cc(OC)c1OC. The summed E-state index contributed by atoms with van der Waals surface area (Å²) in [5, 5.41) is 15.8. The van der Waals surface area contributed by atoms with Crippen molar-refractivity contribution in [2.75, 3.05) is 45.6 Å². The van der Waals surface area contributed by atoms with Gasteiger partial charge in [-0.1, -0.05) is 30.3 Å². The predicted octanol–water partition coefficient (Wildman–Crippen LogP) is 2.50. The fourth-order valence-electron chi connectivity index (χ4n) is 3.62. The van der Waals surface area contributed by atoms with E-state index >= 15 is 0 Å². The van der Waals surface area contributed by atoms with Crippen molar-refractivity contribution in [2.45, 2.75) is 25.6 Å². The first-order valence-corrected chi connectivity index (χ1v) is 12.8. The normalized spacial score (nSPS) is 11.5. The molecular formula is C29H37N7O7. The highest BCUT2D eigenvalue weighted by Crippen LogP contribution is 2.38. The number of carboxylic acids is 1. The molecule has 0 aliphatic carbocycles. The smallest absolute Gasteiger partial charge is 0.332 e. The minimum absolute atomic E-state index is 0.154. The van der Waals surface area contributed by atoms with E-state index < -0.39 is 12.1 Å². The van der Waals surface area contributed by atoms with Crippen LogP contribution in [0.1, 0.15) is 35.4 Å². The first-order valence-electron chi connectivity index (χ1n) is 12.8. The lowest BCUT2D eigenvalue weighted by Gasteiger charge is -2.14. The fraction of sp³-hybridized carbons (Fsp3) is 0.276. The number of hydrogen-bond donors (Lipinski definition) is 5. The molecule has 0 radical (unpaired) electrons. The fourth-order valence-corrected chi connectivity index (χ4v) is 3.62. The molecule has 0 aliphatic rings. The number of aliphatic hydroxyl groups excluding tert-OH is 1. The van der Waals surface area contributed by atoms with Gasteiger partial charge in [-0.2, -0.15) is 4.98 Å². The van der Waals surface area contributed by atoms with Gasteiger partial charge in [0.15, 0.2) is 11.5 Å². The third-order valence-electron chi connectivity index (χ3n) is 5.70. The Labute approximate surface area is 249 Å². The van der Waals surface area contributed by atoms with E-state index in [1.807, 2.05) is 42.5 Å². The van der Waals surface area contributed by atoms with Crippen molar-refractivity contribution in [1.29, 1.82) is 0 Å². The average molecular weight is 596 g/mol. The van der Waals surface area contributed by atoms with Crippen molar-refractivity contribution < 1.29 is 34.0 Å². The molecule has 14 heteroatoms. The number of nitrogen functional groups attached to an aromatic ring is 3. The highest BCUT2D eigenvalue weighted by molar-refractivity contribution is 5.71. The first kappa shape index (κ1) is 34.0. The van der Waals surface area contributed by atoms with Gasteiger partial charge in [0.1, 0.15) is 18.0 Å². The molecule has 0 amide bonds. The van der Waals surface area contributed by atoms with Crippen LogP contribution in [-0.2, 0) is 16.0 Å². The maximum absolute atomic E-state index is 9.45. The second-order valence-electron chi connectivity index (χ2n) is 8.73. The minimum Gasteiger partial charge on any atom is -0.493 e. The molecule has 2 atom stereocenters. The van der Waals surface area contributed by atoms with Crippen LogP contribution in [0.4, 0.5) is 17.7 Å². The predicted molar refractivity (Wildman–Crippen MR) is 161 cm³/mol. The van der Waals surface area contributed by atoms with Crippen molar-refractivity contribution in [3.8, 4) is 17.2 Å². The molecule has 2 aromatic carbocycles. The summed E-state index contributed by atoms with van der Waals surface area (Å²) >= 11 is 0. The molecular weight excluding hydrogens is 558 g/mol. The van der Waals surface area contributed by atoms with E-state index in [9.17, 15) is 4.79 Å². The number of aromatic nitrogens is 4. The highest BCUT2D eigenvalue weighted by Gasteiger charge is 2.15. The molecule has 2 aromatic heterocycles. The largest absolute Gasteiger partial charge is 0.493 e. The zero-order valence-electron chi connectivity index (χ0n) is 24.6. The van der Waals surface area contributed by atoms with Gasteiger partial charge in [-0.15, -0.1) is 0 Å². The van der Waals surface area contributed by atoms with Crippen LogP contribution >= 0.6 is 0 Å². The Balaban J connectivity index is 0.000000259. The third-order valence-corrected chi connectivity index (χ3v) is 5.70. The standard InChI is InChI=1S/C14H18N4O3.C12H13N3O.C3H6O3/c1-19-10-5-8(6-11(20-2)12(10)21-3)4-9-7-17-14(16)18-13(9)15;1-16-11(9-5-3-2-4-6-9)10-7-8-14-12(13)15-10;1-2(4)3(5)6/h5-7H,4H2,1-3H3,(H4,15,16,17,18);2-8,11H,1H3,(H2,13,14,15);2,4H,1H3,(H,5,6). The summed E-state index contributed by atoms with van der Waals surface area (Å²) in [4.78, 5) is 25.4. The molecule has 4 aromatic rings. The Morgan fingerprint density at radius 3 is 1.93 bits per heavy atom. The van der Waals surface area contributed by atoms with Gasteiger partial charge in [0.05, 0.1) is 27.0 Å². The van der Waals surface area contributed by atoms with E-state index in [2.05, 4.69) is 19.9 Å². The molecule has 230 valence electrons. The maximum Gasteiger partial charge on any atom is 0.332 e. The van der Waals surface area contributed by atoms with Gasteiger partial charge in [-0.25, -0.2) is 19.7 Å². The van der Waals surface area contributed by atoms with Crippen LogP contribution in [0.5, 0.6) is 17.2 Å². The van der Waals surface area contributed by atoms with Crippen molar-refractivity contribution in [3.63, 3.8) is 0 Å². The molecule has 0 spiro atoms. The lowest BCUT2D eigenvalue weighted by molar-refractivity contribution is -0.145. The molecule has 4 rings (SSSR count). The van der Waals surface area contributed by atoms with E-state index in [1.165, 1.54) is 6.92 Å². The number of carbonyl (C=O) groups is 1. The minimum atomic E-state index is -1.23. The Hall–Kier alpha value is -5.21. The number of ether oxygens (including phenoxy) is 4. The summed E-state index contributed by atoms with van der Waals surface area (Å²) in [6.07, 6.45) is 2.34. The van der Waals surface area contributed by atoms with Crippen LogP contribution in [0.15, 0.2) is 60.9 Å². The lowest BCUT2D eigenvalue weighted by Crippen LogP contribution is -2.13. The zero-order valence-corrected chi connectivity index (χ0v) is 24.6. The molecule has 8 N–H and O–H groups in total. The topological polar surface area (TPSA) is 224 Å². The molecule has 14 nitrogen and oxygen atoms in total. The number of hydrogen-bond acceptors (Lipinski definition) is 13. The number of aliphatic carboxylic acids is 1. The Morgan fingerprint density at radius 2 is 1.47 bits per heavy atom. The quantitative estimate of drug-likeness (QED) is 0.187. The molecule has 0 saturated carbocycles. The number of benzene rings is 2. The number of carboxylic acid groups (broad SMARTS) is 1. The zero-order chi connectivity index (χ0) is 31.9. The molecule has 0 bridgehead atoms. The number of aliphatic hydroxyl groups is 1. The van der Waals surface area contributed by atoms with Gasteiger partial charge in [0.25, 0.3) is 0 Å². The molecule has 0 saturated heterocycles. The average Bonchev–Trinajstić information content (AvgIpc) is 2.99. The first-order chi connectivity index (χ1) is 20.5. The molecule has 43 heavy (non-hydrogen) atoms. The molecule has 2 unspecified atom stereocenters. The molecule has 2 heterocycles. The summed E-state index contributed by atoms with van der Waals surface area (Å²) < 4.78 is 21.4. The van der Waals surface area contributed by atoms with Crippen molar-refractivity contribution in [1.82, 2.24) is 19.9 Å². The number of anilines is 3. The molecule has 0 fully saturated rings. The van der Waals surface area contributed by atoms with Crippen LogP contribution < -0.4 is 31.4 Å². The number of methoxy groups -OCH3 is 4. The summed E-state index contributed by atoms with van der Waals surface area (Å²) in [5.74, 6) is 1.30. The monoisotopic (exact) mass is 595 g/mol. The van der Waals surface area contributed by atoms with Gasteiger partial charge in [0, 0.05) is 31.5 Å². The van der Waals surface area contributed by atoms with Gasteiger partial charge >= 0.3 is 5.97 Å². The third kappa shape index (κ3) is 10.3. The van der Waals surface area contributed by atoms with E-state index in [4.69, 9.17) is 46.4 Å². The second kappa shape index (κ2) is 16.9. The van der Waals surface area contributed by atoms with Gasteiger partial charge < -0.3 is 46.4 Å². The maximum atomic E-state index is 9.45. The second-order valence-corrected chi connectivity index (χ2v) is 8.73.